The Morgan fingerprint density at radius 2 is 1.64 bits per heavy atom. The first-order chi connectivity index (χ1) is 22.6. The third-order valence-electron chi connectivity index (χ3n) is 7.17. The molecule has 1 amide bonds. The van der Waals surface area contributed by atoms with E-state index in [1.807, 2.05) is 30.3 Å². The molecule has 0 saturated heterocycles. The highest BCUT2D eigenvalue weighted by atomic mass is 16.6. The molecule has 0 fully saturated rings. The molecule has 2 unspecified atom stereocenters. The van der Waals surface area contributed by atoms with E-state index in [4.69, 9.17) is 18.9 Å². The topological polar surface area (TPSA) is 188 Å². The van der Waals surface area contributed by atoms with Gasteiger partial charge in [-0.1, -0.05) is 30.3 Å². The summed E-state index contributed by atoms with van der Waals surface area (Å²) in [6, 6.07) is 15.0. The van der Waals surface area contributed by atoms with E-state index >= 15 is 0 Å². The highest BCUT2D eigenvalue weighted by molar-refractivity contribution is 5.99. The van der Waals surface area contributed by atoms with Gasteiger partial charge >= 0.3 is 18.0 Å². The van der Waals surface area contributed by atoms with Gasteiger partial charge in [0, 0.05) is 36.6 Å². The van der Waals surface area contributed by atoms with Gasteiger partial charge in [0.2, 0.25) is 0 Å². The summed E-state index contributed by atoms with van der Waals surface area (Å²) in [6.07, 6.45) is 0.260. The number of non-ortho nitro benzene ring substituents is 1. The van der Waals surface area contributed by atoms with Gasteiger partial charge < -0.3 is 40.0 Å². The third kappa shape index (κ3) is 11.4. The van der Waals surface area contributed by atoms with Gasteiger partial charge in [0.05, 0.1) is 42.3 Å². The predicted octanol–water partition coefficient (Wildman–Crippen LogP) is 3.47. The van der Waals surface area contributed by atoms with E-state index in [1.165, 1.54) is 25.3 Å². The minimum absolute atomic E-state index is 0.0398. The van der Waals surface area contributed by atoms with Crippen LogP contribution in [-0.4, -0.2) is 80.7 Å². The van der Waals surface area contributed by atoms with Crippen LogP contribution in [0.3, 0.4) is 0 Å². The van der Waals surface area contributed by atoms with Gasteiger partial charge in [0.25, 0.3) is 5.69 Å². The number of hydrogen-bond donors (Lipinski definition) is 4. The molecule has 0 aliphatic carbocycles. The predicted molar refractivity (Wildman–Crippen MR) is 171 cm³/mol. The lowest BCUT2D eigenvalue weighted by Crippen LogP contribution is -2.32. The van der Waals surface area contributed by atoms with Crippen LogP contribution in [0.5, 0.6) is 5.75 Å². The molecule has 1 aliphatic rings. The molecule has 14 heteroatoms. The fraction of sp³-hybridized carbons (Fsp3) is 0.424. The van der Waals surface area contributed by atoms with Crippen LogP contribution in [0.25, 0.3) is 0 Å². The summed E-state index contributed by atoms with van der Waals surface area (Å²) < 4.78 is 21.1. The number of carbonyl (C=O) groups is 3. The molecule has 0 aromatic heterocycles. The molecular formula is C33H42N4O10. The lowest BCUT2D eigenvalue weighted by Gasteiger charge is -2.30. The molecule has 0 spiro atoms. The van der Waals surface area contributed by atoms with E-state index < -0.39 is 35.0 Å². The Morgan fingerprint density at radius 1 is 0.936 bits per heavy atom. The van der Waals surface area contributed by atoms with Crippen LogP contribution < -0.4 is 20.7 Å². The maximum Gasteiger partial charge on any atom is 0.407 e. The summed E-state index contributed by atoms with van der Waals surface area (Å²) in [4.78, 5) is 48.9. The number of nitrogens with zero attached hydrogens (tertiary/aromatic N) is 1. The number of alkyl carbamates (subject to hydrolysis) is 1. The molecule has 2 aromatic rings. The Labute approximate surface area is 273 Å². The average molecular weight is 655 g/mol. The number of dihydropyridines is 1. The van der Waals surface area contributed by atoms with Gasteiger partial charge in [-0.15, -0.1) is 0 Å². The summed E-state index contributed by atoms with van der Waals surface area (Å²) in [7, 11) is 1.22. The number of nitro benzene ring substituents is 1. The number of benzene rings is 2. The summed E-state index contributed by atoms with van der Waals surface area (Å²) in [6.45, 7) is 4.92. The van der Waals surface area contributed by atoms with Crippen LogP contribution in [-0.2, 0) is 23.8 Å². The second kappa shape index (κ2) is 18.9. The fourth-order valence-electron chi connectivity index (χ4n) is 4.91. The first-order valence-electron chi connectivity index (χ1n) is 15.3. The zero-order valence-corrected chi connectivity index (χ0v) is 26.8. The second-order valence-electron chi connectivity index (χ2n) is 10.7. The number of unbranched alkanes of at least 4 members (excludes halogenated alkanes) is 1. The van der Waals surface area contributed by atoms with E-state index in [-0.39, 0.29) is 36.7 Å². The van der Waals surface area contributed by atoms with Gasteiger partial charge in [0.15, 0.2) is 0 Å². The van der Waals surface area contributed by atoms with Crippen molar-refractivity contribution in [3.05, 3.63) is 92.8 Å². The zero-order chi connectivity index (χ0) is 34.2. The van der Waals surface area contributed by atoms with E-state index in [0.717, 1.165) is 0 Å². The molecule has 0 radical (unpaired) electrons. The van der Waals surface area contributed by atoms with Crippen molar-refractivity contribution in [2.45, 2.75) is 45.1 Å². The number of amides is 1. The number of aliphatic hydroxyl groups is 1. The number of ether oxygens (including phenoxy) is 4. The fourth-order valence-corrected chi connectivity index (χ4v) is 4.91. The first-order valence-corrected chi connectivity index (χ1v) is 15.3. The number of rotatable bonds is 18. The molecule has 4 N–H and O–H groups in total. The molecule has 14 nitrogen and oxygen atoms in total. The van der Waals surface area contributed by atoms with Crippen molar-refractivity contribution < 1.29 is 43.4 Å². The zero-order valence-electron chi connectivity index (χ0n) is 26.8. The molecule has 0 saturated carbocycles. The Bertz CT molecular complexity index is 1440. The molecular weight excluding hydrogens is 612 g/mol. The quantitative estimate of drug-likeness (QED) is 0.0604. The lowest BCUT2D eigenvalue weighted by atomic mass is 9.80. The number of esters is 2. The number of nitro groups is 1. The number of allylic oxidation sites excluding steroid dienone is 2. The highest BCUT2D eigenvalue weighted by Gasteiger charge is 2.38. The van der Waals surface area contributed by atoms with E-state index in [9.17, 15) is 29.6 Å². The lowest BCUT2D eigenvalue weighted by molar-refractivity contribution is -0.384. The largest absolute Gasteiger partial charge is 0.491 e. The number of nitrogens with one attached hydrogen (secondary N) is 3. The van der Waals surface area contributed by atoms with Crippen LogP contribution in [0.4, 0.5) is 10.5 Å². The molecule has 3 rings (SSSR count). The molecule has 0 bridgehead atoms. The van der Waals surface area contributed by atoms with Crippen molar-refractivity contribution in [3.63, 3.8) is 0 Å². The standard InChI is InChI=1S/C33H42N4O10/c1-22-28(31(39)44-3)30(24-11-9-12-25(19-24)37(42)43)29(23(2)36-22)32(40)45-17-8-7-16-35-33(41)46-18-10-15-34-20-26(38)21-47-27-13-5-4-6-14-27/h4-6,9,11-14,19,26,30,34,36,38H,7-8,10,15-18,20-21H2,1-3H3,(H,35,41). The summed E-state index contributed by atoms with van der Waals surface area (Å²) in [5.41, 5.74) is 1.38. The number of carbonyl (C=O) groups excluding carboxylic acids is 3. The summed E-state index contributed by atoms with van der Waals surface area (Å²) >= 11 is 0. The van der Waals surface area contributed by atoms with Crippen molar-refractivity contribution in [2.75, 3.05) is 46.6 Å². The minimum atomic E-state index is -0.943. The third-order valence-corrected chi connectivity index (χ3v) is 7.17. The second-order valence-corrected chi connectivity index (χ2v) is 10.7. The van der Waals surface area contributed by atoms with Crippen molar-refractivity contribution in [1.82, 2.24) is 16.0 Å². The maximum atomic E-state index is 13.3. The summed E-state index contributed by atoms with van der Waals surface area (Å²) in [5.74, 6) is -1.62. The molecule has 254 valence electrons. The van der Waals surface area contributed by atoms with Crippen LogP contribution in [0.2, 0.25) is 0 Å². The van der Waals surface area contributed by atoms with Gasteiger partial charge in [-0.05, 0) is 57.4 Å². The van der Waals surface area contributed by atoms with Crippen LogP contribution >= 0.6 is 0 Å². The minimum Gasteiger partial charge on any atom is -0.491 e. The SMILES string of the molecule is COC(=O)C1=C(C)NC(C)=C(C(=O)OCCCCNC(=O)OCCCNCC(O)COc2ccccc2)C1c1cccc([N+](=O)[O-])c1. The van der Waals surface area contributed by atoms with Crippen molar-refractivity contribution in [2.24, 2.45) is 0 Å². The number of methoxy groups -OCH3 is 1. The van der Waals surface area contributed by atoms with E-state index in [0.29, 0.717) is 61.6 Å². The maximum absolute atomic E-state index is 13.3. The Morgan fingerprint density at radius 3 is 2.34 bits per heavy atom. The Hall–Kier alpha value is -4.95. The number of hydrogen-bond acceptors (Lipinski definition) is 12. The molecule has 47 heavy (non-hydrogen) atoms. The average Bonchev–Trinajstić information content (AvgIpc) is 3.06. The van der Waals surface area contributed by atoms with Gasteiger partial charge in [0.1, 0.15) is 18.5 Å². The molecule has 2 atom stereocenters. The smallest absolute Gasteiger partial charge is 0.407 e. The number of aliphatic hydroxyl groups excluding tert-OH is 1. The van der Waals surface area contributed by atoms with Gasteiger partial charge in [-0.3, -0.25) is 10.1 Å². The first kappa shape index (κ1) is 36.5. The Balaban J connectivity index is 1.36. The van der Waals surface area contributed by atoms with Gasteiger partial charge in [-0.2, -0.15) is 0 Å². The van der Waals surface area contributed by atoms with E-state index in [2.05, 4.69) is 16.0 Å². The Kier molecular flexibility index (Phi) is 14.7. The molecule has 2 aromatic carbocycles. The van der Waals surface area contributed by atoms with Gasteiger partial charge in [-0.25, -0.2) is 14.4 Å². The number of para-hydroxylation sites is 1. The normalized spacial score (nSPS) is 14.9. The summed E-state index contributed by atoms with van der Waals surface area (Å²) in [5, 5.41) is 30.2. The molecule has 1 heterocycles. The van der Waals surface area contributed by atoms with Crippen molar-refractivity contribution >= 4 is 23.7 Å². The van der Waals surface area contributed by atoms with Crippen molar-refractivity contribution in [3.8, 4) is 5.75 Å². The monoisotopic (exact) mass is 654 g/mol. The van der Waals surface area contributed by atoms with Crippen LogP contribution in [0.15, 0.2) is 77.1 Å². The van der Waals surface area contributed by atoms with Crippen LogP contribution in [0, 0.1) is 10.1 Å². The van der Waals surface area contributed by atoms with E-state index in [1.54, 1.807) is 19.9 Å². The van der Waals surface area contributed by atoms with Crippen molar-refractivity contribution in [1.29, 1.82) is 0 Å². The highest BCUT2D eigenvalue weighted by Crippen LogP contribution is 2.40. The molecule has 1 aliphatic heterocycles. The van der Waals surface area contributed by atoms with Crippen LogP contribution in [0.1, 0.15) is 44.6 Å².